The monoisotopic (exact) mass is 368 g/mol. The normalized spacial score (nSPS) is 10.6. The predicted molar refractivity (Wildman–Crippen MR) is 99.5 cm³/mol. The molecule has 1 aromatic carbocycles. The third-order valence-corrected chi connectivity index (χ3v) is 3.98. The summed E-state index contributed by atoms with van der Waals surface area (Å²) in [6.45, 7) is 4.08. The Morgan fingerprint density at radius 1 is 1.15 bits per heavy atom. The molecule has 0 N–H and O–H groups in total. The summed E-state index contributed by atoms with van der Waals surface area (Å²) < 4.78 is 17.5. The van der Waals surface area contributed by atoms with Crippen molar-refractivity contribution in [3.8, 4) is 11.5 Å². The van der Waals surface area contributed by atoms with Gasteiger partial charge in [0.1, 0.15) is 12.3 Å². The Balaban J connectivity index is 1.78. The van der Waals surface area contributed by atoms with E-state index in [4.69, 9.17) is 14.2 Å². The molecule has 0 saturated carbocycles. The van der Waals surface area contributed by atoms with E-state index >= 15 is 0 Å². The summed E-state index contributed by atoms with van der Waals surface area (Å²) in [6.07, 6.45) is 0. The van der Waals surface area contributed by atoms with Crippen LogP contribution in [0.3, 0.4) is 0 Å². The van der Waals surface area contributed by atoms with Crippen molar-refractivity contribution in [2.75, 3.05) is 13.7 Å². The summed E-state index contributed by atoms with van der Waals surface area (Å²) in [7, 11) is 1.50. The second-order valence-corrected chi connectivity index (χ2v) is 5.82. The average Bonchev–Trinajstić information content (AvgIpc) is 2.66. The Labute approximate surface area is 156 Å². The lowest BCUT2D eigenvalue weighted by Gasteiger charge is -2.11. The van der Waals surface area contributed by atoms with Gasteiger partial charge in [-0.1, -0.05) is 6.07 Å². The lowest BCUT2D eigenvalue weighted by molar-refractivity contribution is 0.0467. The number of ether oxygens (including phenoxy) is 3. The lowest BCUT2D eigenvalue weighted by Crippen LogP contribution is -2.18. The zero-order valence-corrected chi connectivity index (χ0v) is 15.4. The minimum absolute atomic E-state index is 0.103. The van der Waals surface area contributed by atoms with Gasteiger partial charge in [-0.25, -0.2) is 9.78 Å². The highest BCUT2D eigenvalue weighted by atomic mass is 16.5. The molecule has 7 nitrogen and oxygen atoms in total. The Bertz CT molecular complexity index is 1040. The number of hydrogen-bond acceptors (Lipinski definition) is 6. The highest BCUT2D eigenvalue weighted by Crippen LogP contribution is 2.28. The molecule has 0 aliphatic rings. The molecule has 0 radical (unpaired) electrons. The van der Waals surface area contributed by atoms with E-state index < -0.39 is 5.97 Å². The van der Waals surface area contributed by atoms with Crippen molar-refractivity contribution in [2.24, 2.45) is 0 Å². The second-order valence-electron chi connectivity index (χ2n) is 5.82. The number of nitrogens with zero attached hydrogens (tertiary/aromatic N) is 2. The Morgan fingerprint density at radius 2 is 1.96 bits per heavy atom. The fourth-order valence-electron chi connectivity index (χ4n) is 2.73. The van der Waals surface area contributed by atoms with E-state index in [1.165, 1.54) is 17.6 Å². The molecule has 0 unspecified atom stereocenters. The summed E-state index contributed by atoms with van der Waals surface area (Å²) in [5.41, 5.74) is 1.79. The van der Waals surface area contributed by atoms with Crippen molar-refractivity contribution in [3.05, 3.63) is 69.8 Å². The minimum atomic E-state index is -0.539. The maximum Gasteiger partial charge on any atom is 0.338 e. The molecule has 2 aromatic heterocycles. The van der Waals surface area contributed by atoms with Gasteiger partial charge in [0.2, 0.25) is 0 Å². The molecule has 0 amide bonds. The maximum atomic E-state index is 12.3. The molecule has 0 bridgehead atoms. The van der Waals surface area contributed by atoms with Crippen molar-refractivity contribution in [3.63, 3.8) is 0 Å². The van der Waals surface area contributed by atoms with Gasteiger partial charge in [-0.2, -0.15) is 0 Å². The van der Waals surface area contributed by atoms with Crippen molar-refractivity contribution in [1.82, 2.24) is 9.38 Å². The smallest absolute Gasteiger partial charge is 0.338 e. The van der Waals surface area contributed by atoms with Crippen LogP contribution in [0.4, 0.5) is 0 Å². The third kappa shape index (κ3) is 3.92. The van der Waals surface area contributed by atoms with Gasteiger partial charge in [-0.3, -0.25) is 9.20 Å². The van der Waals surface area contributed by atoms with Gasteiger partial charge in [0.25, 0.3) is 5.56 Å². The quantitative estimate of drug-likeness (QED) is 0.623. The molecule has 140 valence electrons. The first-order chi connectivity index (χ1) is 13.0. The van der Waals surface area contributed by atoms with Gasteiger partial charge in [-0.15, -0.1) is 0 Å². The number of esters is 1. The van der Waals surface area contributed by atoms with E-state index in [-0.39, 0.29) is 12.2 Å². The Morgan fingerprint density at radius 3 is 2.70 bits per heavy atom. The van der Waals surface area contributed by atoms with Gasteiger partial charge in [0.15, 0.2) is 11.5 Å². The van der Waals surface area contributed by atoms with E-state index in [0.717, 1.165) is 5.69 Å². The maximum absolute atomic E-state index is 12.3. The number of hydrogen-bond donors (Lipinski definition) is 0. The zero-order valence-electron chi connectivity index (χ0n) is 15.4. The molecule has 3 aromatic rings. The molecule has 0 aliphatic carbocycles. The number of aryl methyl sites for hydroxylation is 1. The molecule has 0 atom stereocenters. The largest absolute Gasteiger partial charge is 0.493 e. The van der Waals surface area contributed by atoms with Gasteiger partial charge in [-0.05, 0) is 44.2 Å². The predicted octanol–water partition coefficient (Wildman–Crippen LogP) is 2.77. The molecule has 2 heterocycles. The van der Waals surface area contributed by atoms with Crippen LogP contribution in [0, 0.1) is 6.92 Å². The van der Waals surface area contributed by atoms with Gasteiger partial charge >= 0.3 is 5.97 Å². The Hall–Kier alpha value is -3.35. The number of rotatable bonds is 6. The lowest BCUT2D eigenvalue weighted by atomic mass is 10.2. The fraction of sp³-hybridized carbons (Fsp3) is 0.250. The molecule has 3 rings (SSSR count). The third-order valence-electron chi connectivity index (χ3n) is 3.98. The van der Waals surface area contributed by atoms with Crippen LogP contribution in [0.25, 0.3) is 5.65 Å². The number of benzene rings is 1. The molecular weight excluding hydrogens is 348 g/mol. The van der Waals surface area contributed by atoms with E-state index in [9.17, 15) is 9.59 Å². The first kappa shape index (κ1) is 18.4. The first-order valence-corrected chi connectivity index (χ1v) is 8.49. The van der Waals surface area contributed by atoms with Crippen LogP contribution in [0.15, 0.2) is 47.3 Å². The van der Waals surface area contributed by atoms with Crippen LogP contribution in [0.1, 0.15) is 28.7 Å². The molecule has 0 spiro atoms. The van der Waals surface area contributed by atoms with E-state index in [1.807, 2.05) is 26.0 Å². The average molecular weight is 368 g/mol. The highest BCUT2D eigenvalue weighted by Gasteiger charge is 2.13. The Kier molecular flexibility index (Phi) is 5.40. The van der Waals surface area contributed by atoms with Crippen LogP contribution in [-0.2, 0) is 11.3 Å². The first-order valence-electron chi connectivity index (χ1n) is 8.49. The van der Waals surface area contributed by atoms with Crippen molar-refractivity contribution in [2.45, 2.75) is 20.5 Å². The topological polar surface area (TPSA) is 79.1 Å². The standard InChI is InChI=1S/C20H20N2O5/c1-4-26-16-9-8-14(10-17(16)25-3)20(24)27-12-15-11-19(23)22-13(2)6-5-7-18(22)21-15/h5-11H,4,12H2,1-3H3. The van der Waals surface area contributed by atoms with Crippen LogP contribution in [-0.4, -0.2) is 29.1 Å². The number of carbonyl (C=O) groups is 1. The number of methoxy groups -OCH3 is 1. The highest BCUT2D eigenvalue weighted by molar-refractivity contribution is 5.90. The van der Waals surface area contributed by atoms with Gasteiger partial charge < -0.3 is 14.2 Å². The summed E-state index contributed by atoms with van der Waals surface area (Å²) >= 11 is 0. The zero-order chi connectivity index (χ0) is 19.4. The van der Waals surface area contributed by atoms with Crippen molar-refractivity contribution < 1.29 is 19.0 Å². The van der Waals surface area contributed by atoms with E-state index in [0.29, 0.717) is 35.0 Å². The van der Waals surface area contributed by atoms with E-state index in [1.54, 1.807) is 24.3 Å². The van der Waals surface area contributed by atoms with Crippen molar-refractivity contribution >= 4 is 11.6 Å². The van der Waals surface area contributed by atoms with Gasteiger partial charge in [0.05, 0.1) is 25.0 Å². The molecular formula is C20H20N2O5. The molecule has 0 saturated heterocycles. The van der Waals surface area contributed by atoms with Crippen LogP contribution in [0.5, 0.6) is 11.5 Å². The van der Waals surface area contributed by atoms with Gasteiger partial charge in [0, 0.05) is 11.8 Å². The van der Waals surface area contributed by atoms with Crippen LogP contribution in [0.2, 0.25) is 0 Å². The molecule has 0 aliphatic heterocycles. The fourth-order valence-corrected chi connectivity index (χ4v) is 2.73. The summed E-state index contributed by atoms with van der Waals surface area (Å²) in [6, 6.07) is 11.6. The molecule has 0 fully saturated rings. The second kappa shape index (κ2) is 7.90. The SMILES string of the molecule is CCOc1ccc(C(=O)OCc2cc(=O)n3c(C)cccc3n2)cc1OC. The van der Waals surface area contributed by atoms with Crippen LogP contribution >= 0.6 is 0 Å². The number of pyridine rings is 1. The molecule has 7 heteroatoms. The van der Waals surface area contributed by atoms with Crippen LogP contribution < -0.4 is 15.0 Å². The molecule has 27 heavy (non-hydrogen) atoms. The number of aromatic nitrogens is 2. The summed E-state index contributed by atoms with van der Waals surface area (Å²) in [4.78, 5) is 29.0. The number of carbonyl (C=O) groups excluding carboxylic acids is 1. The van der Waals surface area contributed by atoms with Crippen molar-refractivity contribution in [1.29, 1.82) is 0 Å². The summed E-state index contributed by atoms with van der Waals surface area (Å²) in [5, 5.41) is 0. The minimum Gasteiger partial charge on any atom is -0.493 e. The van der Waals surface area contributed by atoms with E-state index in [2.05, 4.69) is 4.98 Å². The summed E-state index contributed by atoms with van der Waals surface area (Å²) in [5.74, 6) is 0.461. The number of fused-ring (bicyclic) bond motifs is 1.